The zero-order valence-electron chi connectivity index (χ0n) is 15.3. The van der Waals surface area contributed by atoms with Crippen molar-refractivity contribution >= 4 is 11.8 Å². The normalized spacial score (nSPS) is 26.7. The third kappa shape index (κ3) is 3.83. The molecule has 1 aromatic rings. The van der Waals surface area contributed by atoms with Crippen molar-refractivity contribution in [1.29, 1.82) is 0 Å². The Morgan fingerprint density at radius 3 is 2.46 bits per heavy atom. The highest BCUT2D eigenvalue weighted by Crippen LogP contribution is 2.27. The topological polar surface area (TPSA) is 93.1 Å². The van der Waals surface area contributed by atoms with Gasteiger partial charge in [0.2, 0.25) is 5.91 Å². The van der Waals surface area contributed by atoms with Crippen molar-refractivity contribution in [2.75, 3.05) is 26.2 Å². The molecule has 2 aliphatic rings. The molecule has 7 nitrogen and oxygen atoms in total. The number of aromatic hydroxyl groups is 1. The van der Waals surface area contributed by atoms with Crippen LogP contribution in [-0.2, 0) is 4.79 Å². The number of phenolic OH excluding ortho intramolecular Hbond substituents is 1. The van der Waals surface area contributed by atoms with E-state index in [1.54, 1.807) is 25.1 Å². The lowest BCUT2D eigenvalue weighted by molar-refractivity contribution is -0.131. The average Bonchev–Trinajstić information content (AvgIpc) is 2.95. The van der Waals surface area contributed by atoms with E-state index in [4.69, 9.17) is 0 Å². The van der Waals surface area contributed by atoms with Crippen LogP contribution in [0.4, 0.5) is 0 Å². The molecule has 3 atom stereocenters. The van der Waals surface area contributed by atoms with Crippen molar-refractivity contribution in [1.82, 2.24) is 15.1 Å². The minimum Gasteiger partial charge on any atom is -0.507 e. The number of carbonyl (C=O) groups is 2. The van der Waals surface area contributed by atoms with Crippen molar-refractivity contribution in [2.45, 2.75) is 44.9 Å². The van der Waals surface area contributed by atoms with Crippen LogP contribution in [0.3, 0.4) is 0 Å². The predicted molar refractivity (Wildman–Crippen MR) is 97.0 cm³/mol. The maximum Gasteiger partial charge on any atom is 0.255 e. The number of rotatable bonds is 3. The van der Waals surface area contributed by atoms with E-state index in [9.17, 15) is 19.8 Å². The zero-order valence-corrected chi connectivity index (χ0v) is 15.3. The van der Waals surface area contributed by atoms with E-state index in [2.05, 4.69) is 10.2 Å². The quantitative estimate of drug-likeness (QED) is 0.728. The number of benzene rings is 1. The number of hydrogen-bond donors (Lipinski definition) is 3. The van der Waals surface area contributed by atoms with Gasteiger partial charge < -0.3 is 20.4 Å². The Balaban J connectivity index is 1.58. The lowest BCUT2D eigenvalue weighted by Crippen LogP contribution is -2.55. The van der Waals surface area contributed by atoms with Crippen LogP contribution in [-0.4, -0.2) is 76.2 Å². The molecule has 0 spiro atoms. The molecule has 0 unspecified atom stereocenters. The molecule has 2 amide bonds. The van der Waals surface area contributed by atoms with Gasteiger partial charge in [0.1, 0.15) is 5.75 Å². The molecule has 1 saturated heterocycles. The molecule has 7 heteroatoms. The summed E-state index contributed by atoms with van der Waals surface area (Å²) in [5.41, 5.74) is 1.10. The van der Waals surface area contributed by atoms with E-state index < -0.39 is 6.10 Å². The summed E-state index contributed by atoms with van der Waals surface area (Å²) in [5.74, 6) is -0.333. The van der Waals surface area contributed by atoms with Crippen LogP contribution in [0.25, 0.3) is 0 Å². The monoisotopic (exact) mass is 361 g/mol. The lowest BCUT2D eigenvalue weighted by atomic mass is 10.1. The number of carbonyl (C=O) groups excluding carboxylic acids is 2. The molecule has 0 aromatic heterocycles. The highest BCUT2D eigenvalue weighted by molar-refractivity contribution is 5.97. The van der Waals surface area contributed by atoms with Gasteiger partial charge in [-0.15, -0.1) is 0 Å². The van der Waals surface area contributed by atoms with E-state index in [0.717, 1.165) is 25.1 Å². The van der Waals surface area contributed by atoms with Crippen LogP contribution in [0.15, 0.2) is 18.2 Å². The predicted octanol–water partition coefficient (Wildman–Crippen LogP) is 0.486. The molecule has 26 heavy (non-hydrogen) atoms. The highest BCUT2D eigenvalue weighted by atomic mass is 16.3. The molecule has 1 aliphatic carbocycles. The zero-order chi connectivity index (χ0) is 18.8. The first-order chi connectivity index (χ1) is 12.4. The fourth-order valence-corrected chi connectivity index (χ4v) is 3.96. The van der Waals surface area contributed by atoms with Gasteiger partial charge in [0.05, 0.1) is 17.7 Å². The summed E-state index contributed by atoms with van der Waals surface area (Å²) < 4.78 is 0. The fraction of sp³-hybridized carbons (Fsp3) is 0.579. The van der Waals surface area contributed by atoms with Gasteiger partial charge >= 0.3 is 0 Å². The molecule has 1 heterocycles. The second kappa shape index (κ2) is 7.63. The SMILES string of the molecule is CC(=O)N1CCN([C@@H]2CC[C@@H](NC(=O)c3ccc(C)cc3O)[C@H]2O)CC1. The third-order valence-corrected chi connectivity index (χ3v) is 5.52. The van der Waals surface area contributed by atoms with Gasteiger partial charge in [0.15, 0.2) is 0 Å². The minimum atomic E-state index is -0.657. The Hall–Kier alpha value is -2.12. The second-order valence-corrected chi connectivity index (χ2v) is 7.28. The molecule has 3 N–H and O–H groups in total. The molecule has 1 saturated carbocycles. The van der Waals surface area contributed by atoms with Gasteiger partial charge in [0.25, 0.3) is 5.91 Å². The highest BCUT2D eigenvalue weighted by Gasteiger charge is 2.40. The Labute approximate surface area is 153 Å². The number of hydrogen-bond acceptors (Lipinski definition) is 5. The van der Waals surface area contributed by atoms with Crippen molar-refractivity contribution in [3.05, 3.63) is 29.3 Å². The maximum absolute atomic E-state index is 12.4. The van der Waals surface area contributed by atoms with Crippen LogP contribution in [0, 0.1) is 6.92 Å². The molecule has 1 aliphatic heterocycles. The van der Waals surface area contributed by atoms with Crippen LogP contribution < -0.4 is 5.32 Å². The number of amides is 2. The van der Waals surface area contributed by atoms with Gasteiger partial charge in [-0.1, -0.05) is 6.07 Å². The summed E-state index contributed by atoms with van der Waals surface area (Å²) in [6, 6.07) is 4.58. The Morgan fingerprint density at radius 1 is 1.15 bits per heavy atom. The number of nitrogens with one attached hydrogen (secondary N) is 1. The van der Waals surface area contributed by atoms with Gasteiger partial charge in [-0.25, -0.2) is 0 Å². The van der Waals surface area contributed by atoms with E-state index in [-0.39, 0.29) is 35.2 Å². The molecule has 3 rings (SSSR count). The van der Waals surface area contributed by atoms with Crippen molar-refractivity contribution in [2.24, 2.45) is 0 Å². The summed E-state index contributed by atoms with van der Waals surface area (Å²) in [5, 5.41) is 23.5. The van der Waals surface area contributed by atoms with E-state index >= 15 is 0 Å². The van der Waals surface area contributed by atoms with Crippen molar-refractivity contribution < 1.29 is 19.8 Å². The first-order valence-electron chi connectivity index (χ1n) is 9.15. The lowest BCUT2D eigenvalue weighted by Gasteiger charge is -2.39. The number of aliphatic hydroxyl groups excluding tert-OH is 1. The average molecular weight is 361 g/mol. The van der Waals surface area contributed by atoms with Crippen molar-refractivity contribution in [3.63, 3.8) is 0 Å². The Bertz CT molecular complexity index is 685. The number of piperazine rings is 1. The van der Waals surface area contributed by atoms with Gasteiger partial charge in [-0.2, -0.15) is 0 Å². The molecule has 0 radical (unpaired) electrons. The minimum absolute atomic E-state index is 0.0129. The van der Waals surface area contributed by atoms with Crippen LogP contribution >= 0.6 is 0 Å². The molecule has 142 valence electrons. The van der Waals surface area contributed by atoms with Crippen LogP contribution in [0.1, 0.15) is 35.7 Å². The maximum atomic E-state index is 12.4. The van der Waals surface area contributed by atoms with E-state index in [1.807, 2.05) is 11.8 Å². The number of phenols is 1. The smallest absolute Gasteiger partial charge is 0.255 e. The molecular formula is C19H27N3O4. The van der Waals surface area contributed by atoms with E-state index in [1.165, 1.54) is 0 Å². The van der Waals surface area contributed by atoms with Gasteiger partial charge in [0, 0.05) is 39.1 Å². The molecule has 2 fully saturated rings. The number of aliphatic hydroxyl groups is 1. The first-order valence-corrected chi connectivity index (χ1v) is 9.15. The van der Waals surface area contributed by atoms with Crippen LogP contribution in [0.5, 0.6) is 5.75 Å². The Morgan fingerprint density at radius 2 is 1.85 bits per heavy atom. The summed E-state index contributed by atoms with van der Waals surface area (Å²) in [7, 11) is 0. The third-order valence-electron chi connectivity index (χ3n) is 5.52. The van der Waals surface area contributed by atoms with Crippen LogP contribution in [0.2, 0.25) is 0 Å². The molecule has 0 bridgehead atoms. The van der Waals surface area contributed by atoms with Gasteiger partial charge in [-0.3, -0.25) is 14.5 Å². The second-order valence-electron chi connectivity index (χ2n) is 7.28. The Kier molecular flexibility index (Phi) is 5.48. The summed E-state index contributed by atoms with van der Waals surface area (Å²) >= 11 is 0. The van der Waals surface area contributed by atoms with Crippen molar-refractivity contribution in [3.8, 4) is 5.75 Å². The number of nitrogens with zero attached hydrogens (tertiary/aromatic N) is 2. The summed E-state index contributed by atoms with van der Waals surface area (Å²) in [6.07, 6.45) is 0.832. The number of aryl methyl sites for hydroxylation is 1. The van der Waals surface area contributed by atoms with Gasteiger partial charge in [-0.05, 0) is 37.5 Å². The van der Waals surface area contributed by atoms with E-state index in [0.29, 0.717) is 19.5 Å². The summed E-state index contributed by atoms with van der Waals surface area (Å²) in [4.78, 5) is 27.9. The largest absolute Gasteiger partial charge is 0.507 e. The first kappa shape index (κ1) is 18.7. The standard InChI is InChI=1S/C19H27N3O4/c1-12-3-4-14(17(24)11-12)19(26)20-15-5-6-16(18(15)25)22-9-7-21(8-10-22)13(2)23/h3-4,11,15-16,18,24-25H,5-10H2,1-2H3,(H,20,26)/t15-,16-,18-/m1/s1. The fourth-order valence-electron chi connectivity index (χ4n) is 3.96. The summed E-state index contributed by atoms with van der Waals surface area (Å²) in [6.45, 7) is 6.24. The molecular weight excluding hydrogens is 334 g/mol. The molecule has 1 aromatic carbocycles.